The number of hydrogen-bond acceptors (Lipinski definition) is 5. The Bertz CT molecular complexity index is 636. The fourth-order valence-corrected chi connectivity index (χ4v) is 4.13. The van der Waals surface area contributed by atoms with Gasteiger partial charge in [-0.05, 0) is 32.3 Å². The van der Waals surface area contributed by atoms with Gasteiger partial charge in [0.25, 0.3) is 0 Å². The van der Waals surface area contributed by atoms with Gasteiger partial charge < -0.3 is 10.2 Å². The van der Waals surface area contributed by atoms with Gasteiger partial charge in [0.2, 0.25) is 0 Å². The van der Waals surface area contributed by atoms with Crippen LogP contribution in [-0.2, 0) is 0 Å². The van der Waals surface area contributed by atoms with E-state index in [1.165, 1.54) is 15.8 Å². The molecule has 0 bridgehead atoms. The van der Waals surface area contributed by atoms with Gasteiger partial charge in [0.15, 0.2) is 0 Å². The molecule has 0 amide bonds. The van der Waals surface area contributed by atoms with Crippen molar-refractivity contribution in [2.45, 2.75) is 52.6 Å². The van der Waals surface area contributed by atoms with E-state index in [-0.39, 0.29) is 0 Å². The summed E-state index contributed by atoms with van der Waals surface area (Å²) in [6.07, 6.45) is 4.02. The molecule has 3 heterocycles. The van der Waals surface area contributed by atoms with Crippen LogP contribution in [0.2, 0.25) is 0 Å². The molecule has 114 valence electrons. The number of aryl methyl sites for hydroxylation is 2. The van der Waals surface area contributed by atoms with E-state index in [0.29, 0.717) is 12.1 Å². The van der Waals surface area contributed by atoms with Crippen LogP contribution >= 0.6 is 11.3 Å². The first-order valence-corrected chi connectivity index (χ1v) is 8.68. The Morgan fingerprint density at radius 2 is 2.10 bits per heavy atom. The maximum atomic E-state index is 4.67. The highest BCUT2D eigenvalue weighted by Crippen LogP contribution is 2.35. The van der Waals surface area contributed by atoms with Crippen molar-refractivity contribution in [3.05, 3.63) is 16.8 Å². The monoisotopic (exact) mass is 304 g/mol. The van der Waals surface area contributed by atoms with Gasteiger partial charge in [0.05, 0.1) is 5.39 Å². The number of nitrogens with zero attached hydrogens (tertiary/aromatic N) is 3. The largest absolute Gasteiger partial charge is 0.350 e. The third-order valence-corrected chi connectivity index (χ3v) is 5.80. The number of piperazine rings is 1. The number of thiophene rings is 1. The van der Waals surface area contributed by atoms with E-state index in [4.69, 9.17) is 0 Å². The zero-order chi connectivity index (χ0) is 15.0. The Hall–Kier alpha value is -1.20. The summed E-state index contributed by atoms with van der Waals surface area (Å²) in [7, 11) is 0. The maximum Gasteiger partial charge on any atom is 0.141 e. The minimum Gasteiger partial charge on any atom is -0.350 e. The molecule has 2 atom stereocenters. The number of anilines is 1. The number of hydrogen-bond donors (Lipinski definition) is 1. The number of aromatic nitrogens is 2. The molecule has 0 aliphatic carbocycles. The van der Waals surface area contributed by atoms with Crippen LogP contribution in [0.1, 0.15) is 37.1 Å². The Morgan fingerprint density at radius 1 is 1.29 bits per heavy atom. The van der Waals surface area contributed by atoms with E-state index < -0.39 is 0 Å². The molecule has 1 aliphatic rings. The quantitative estimate of drug-likeness (QED) is 0.945. The molecule has 0 aromatic carbocycles. The van der Waals surface area contributed by atoms with Gasteiger partial charge in [-0.1, -0.05) is 13.8 Å². The second kappa shape index (κ2) is 5.89. The van der Waals surface area contributed by atoms with Crippen molar-refractivity contribution in [1.82, 2.24) is 15.3 Å². The summed E-state index contributed by atoms with van der Waals surface area (Å²) >= 11 is 1.78. The third kappa shape index (κ3) is 2.53. The molecule has 0 spiro atoms. The van der Waals surface area contributed by atoms with Crippen LogP contribution in [0, 0.1) is 13.8 Å². The maximum absolute atomic E-state index is 4.67. The van der Waals surface area contributed by atoms with Crippen LogP contribution in [0.15, 0.2) is 6.33 Å². The Kier molecular flexibility index (Phi) is 4.13. The number of rotatable bonds is 3. The minimum absolute atomic E-state index is 0.519. The van der Waals surface area contributed by atoms with Crippen molar-refractivity contribution in [2.75, 3.05) is 18.0 Å². The molecule has 0 saturated carbocycles. The fourth-order valence-electron chi connectivity index (χ4n) is 3.14. The van der Waals surface area contributed by atoms with Crippen LogP contribution in [-0.4, -0.2) is 35.1 Å². The first-order chi connectivity index (χ1) is 10.2. The first-order valence-electron chi connectivity index (χ1n) is 7.86. The van der Waals surface area contributed by atoms with Crippen molar-refractivity contribution in [3.63, 3.8) is 0 Å². The summed E-state index contributed by atoms with van der Waals surface area (Å²) in [6, 6.07) is 1.07. The molecule has 2 aromatic rings. The minimum atomic E-state index is 0.519. The predicted molar refractivity (Wildman–Crippen MR) is 90.4 cm³/mol. The number of fused-ring (bicyclic) bond motifs is 1. The molecule has 1 saturated heterocycles. The summed E-state index contributed by atoms with van der Waals surface area (Å²) in [5.41, 5.74) is 1.34. The van der Waals surface area contributed by atoms with Gasteiger partial charge in [0, 0.05) is 30.1 Å². The topological polar surface area (TPSA) is 41.1 Å². The molecule has 4 nitrogen and oxygen atoms in total. The Labute approximate surface area is 130 Å². The van der Waals surface area contributed by atoms with Crippen molar-refractivity contribution in [3.8, 4) is 0 Å². The molecule has 2 aromatic heterocycles. The lowest BCUT2D eigenvalue weighted by Gasteiger charge is -2.41. The first kappa shape index (κ1) is 14.7. The van der Waals surface area contributed by atoms with Gasteiger partial charge in [-0.15, -0.1) is 11.3 Å². The SMILES string of the molecule is CCC1CN(c2ncnc3sc(C)c(C)c23)C(CC)CN1. The smallest absolute Gasteiger partial charge is 0.141 e. The van der Waals surface area contributed by atoms with Crippen molar-refractivity contribution in [1.29, 1.82) is 0 Å². The lowest BCUT2D eigenvalue weighted by molar-refractivity contribution is 0.377. The van der Waals surface area contributed by atoms with Gasteiger partial charge in [0.1, 0.15) is 17.0 Å². The second-order valence-electron chi connectivity index (χ2n) is 5.89. The second-order valence-corrected chi connectivity index (χ2v) is 7.09. The van der Waals surface area contributed by atoms with Crippen LogP contribution in [0.25, 0.3) is 10.2 Å². The van der Waals surface area contributed by atoms with Crippen LogP contribution < -0.4 is 10.2 Å². The van der Waals surface area contributed by atoms with Gasteiger partial charge in [-0.3, -0.25) is 0 Å². The molecule has 5 heteroatoms. The van der Waals surface area contributed by atoms with Crippen molar-refractivity contribution < 1.29 is 0 Å². The average molecular weight is 304 g/mol. The van der Waals surface area contributed by atoms with E-state index in [9.17, 15) is 0 Å². The summed E-state index contributed by atoms with van der Waals surface area (Å²) in [5, 5.41) is 4.91. The van der Waals surface area contributed by atoms with Crippen LogP contribution in [0.5, 0.6) is 0 Å². The third-order valence-electron chi connectivity index (χ3n) is 4.68. The van der Waals surface area contributed by atoms with Crippen molar-refractivity contribution in [2.24, 2.45) is 0 Å². The summed E-state index contributed by atoms with van der Waals surface area (Å²) in [6.45, 7) is 11.0. The molecule has 1 N–H and O–H groups in total. The normalized spacial score (nSPS) is 23.0. The molecule has 1 fully saturated rings. The van der Waals surface area contributed by atoms with E-state index in [1.54, 1.807) is 17.7 Å². The summed E-state index contributed by atoms with van der Waals surface area (Å²) in [4.78, 5) is 14.1. The zero-order valence-electron chi connectivity index (χ0n) is 13.3. The number of nitrogens with one attached hydrogen (secondary N) is 1. The lowest BCUT2D eigenvalue weighted by atomic mass is 10.0. The van der Waals surface area contributed by atoms with Crippen LogP contribution in [0.4, 0.5) is 5.82 Å². The Morgan fingerprint density at radius 3 is 2.81 bits per heavy atom. The van der Waals surface area contributed by atoms with Gasteiger partial charge in [-0.2, -0.15) is 0 Å². The highest BCUT2D eigenvalue weighted by Gasteiger charge is 2.29. The molecule has 3 rings (SSSR count). The summed E-state index contributed by atoms with van der Waals surface area (Å²) in [5.74, 6) is 1.13. The average Bonchev–Trinajstić information content (AvgIpc) is 2.81. The summed E-state index contributed by atoms with van der Waals surface area (Å²) < 4.78 is 0. The molecule has 2 unspecified atom stereocenters. The van der Waals surface area contributed by atoms with Crippen molar-refractivity contribution >= 4 is 27.4 Å². The lowest BCUT2D eigenvalue weighted by Crippen LogP contribution is -2.56. The molecule has 1 aliphatic heterocycles. The van der Waals surface area contributed by atoms with Gasteiger partial charge >= 0.3 is 0 Å². The highest BCUT2D eigenvalue weighted by atomic mass is 32.1. The molecular formula is C16H24N4S. The highest BCUT2D eigenvalue weighted by molar-refractivity contribution is 7.18. The Balaban J connectivity index is 2.08. The predicted octanol–water partition coefficient (Wildman–Crippen LogP) is 3.27. The van der Waals surface area contributed by atoms with Crippen LogP contribution in [0.3, 0.4) is 0 Å². The molecule has 21 heavy (non-hydrogen) atoms. The van der Waals surface area contributed by atoms with E-state index in [1.807, 2.05) is 0 Å². The molecule has 0 radical (unpaired) electrons. The van der Waals surface area contributed by atoms with E-state index in [2.05, 4.69) is 47.9 Å². The fraction of sp³-hybridized carbons (Fsp3) is 0.625. The van der Waals surface area contributed by atoms with Gasteiger partial charge in [-0.25, -0.2) is 9.97 Å². The van der Waals surface area contributed by atoms with E-state index in [0.717, 1.165) is 36.6 Å². The van der Waals surface area contributed by atoms with E-state index >= 15 is 0 Å². The standard InChI is InChI=1S/C16H24N4S/c1-5-12-8-20(13(6-2)7-17-12)15-14-10(3)11(4)21-16(14)19-9-18-15/h9,12-13,17H,5-8H2,1-4H3. The molecular weight excluding hydrogens is 280 g/mol. The zero-order valence-corrected chi connectivity index (χ0v) is 14.1.